The Balaban J connectivity index is 1.60. The molecule has 1 aromatic rings. The first kappa shape index (κ1) is 14.0. The van der Waals surface area contributed by atoms with Gasteiger partial charge in [-0.25, -0.2) is 0 Å². The maximum atomic E-state index is 12.5. The number of nitrogens with zero attached hydrogens (tertiary/aromatic N) is 2. The summed E-state index contributed by atoms with van der Waals surface area (Å²) in [6.07, 6.45) is 6.46. The van der Waals surface area contributed by atoms with E-state index in [1.165, 1.54) is 6.21 Å². The Morgan fingerprint density at radius 2 is 1.73 bits per heavy atom. The van der Waals surface area contributed by atoms with Gasteiger partial charge in [0, 0.05) is 10.6 Å². The van der Waals surface area contributed by atoms with Gasteiger partial charge in [0.2, 0.25) is 0 Å². The zero-order chi connectivity index (χ0) is 15.4. The molecule has 1 saturated heterocycles. The molecule has 1 heterocycles. The number of halogens is 2. The molecule has 2 bridgehead atoms. The number of carbonyl (C=O) groups excluding carboxylic acids is 2. The topological polar surface area (TPSA) is 49.7 Å². The average Bonchev–Trinajstić information content (AvgIpc) is 3.14. The quantitative estimate of drug-likeness (QED) is 0.474. The Bertz CT molecular complexity index is 714. The first-order valence-corrected chi connectivity index (χ1v) is 7.87. The Morgan fingerprint density at radius 3 is 2.32 bits per heavy atom. The number of hydrazone groups is 1. The summed E-state index contributed by atoms with van der Waals surface area (Å²) < 4.78 is 0. The second-order valence-electron chi connectivity index (χ2n) is 5.90. The summed E-state index contributed by atoms with van der Waals surface area (Å²) in [7, 11) is 0. The lowest BCUT2D eigenvalue weighted by Gasteiger charge is -2.13. The fourth-order valence-corrected chi connectivity index (χ4v) is 4.18. The number of hydrogen-bond acceptors (Lipinski definition) is 3. The molecule has 0 aromatic heterocycles. The highest BCUT2D eigenvalue weighted by molar-refractivity contribution is 6.36. The fourth-order valence-electron chi connectivity index (χ4n) is 3.73. The predicted molar refractivity (Wildman–Crippen MR) is 83.6 cm³/mol. The van der Waals surface area contributed by atoms with Crippen LogP contribution in [0.5, 0.6) is 0 Å². The van der Waals surface area contributed by atoms with Crippen molar-refractivity contribution in [3.05, 3.63) is 46.0 Å². The highest BCUT2D eigenvalue weighted by atomic mass is 35.5. The molecule has 1 aliphatic heterocycles. The molecule has 0 unspecified atom stereocenters. The normalized spacial score (nSPS) is 32.5. The Hall–Kier alpha value is -1.65. The maximum Gasteiger partial charge on any atom is 0.254 e. The lowest BCUT2D eigenvalue weighted by atomic mass is 9.85. The van der Waals surface area contributed by atoms with E-state index in [0.29, 0.717) is 15.6 Å². The number of amides is 2. The van der Waals surface area contributed by atoms with E-state index in [2.05, 4.69) is 17.3 Å². The molecule has 2 amide bonds. The van der Waals surface area contributed by atoms with E-state index in [-0.39, 0.29) is 35.5 Å². The standard InChI is InChI=1S/C16H12Cl2N2O2/c17-11-4-3-10(12(18)6-11)7-19-20-15(21)13-8-1-2-9(5-8)14(13)16(20)22/h1-4,6-9,13-14H,5H2/b19-7-/t8-,9-,13-,14-/m0/s1. The number of imide groups is 1. The van der Waals surface area contributed by atoms with Crippen LogP contribution in [0.1, 0.15) is 12.0 Å². The molecule has 4 atom stereocenters. The van der Waals surface area contributed by atoms with Gasteiger partial charge in [0.25, 0.3) is 11.8 Å². The van der Waals surface area contributed by atoms with Gasteiger partial charge in [-0.3, -0.25) is 9.59 Å². The van der Waals surface area contributed by atoms with Crippen LogP contribution in [-0.2, 0) is 9.59 Å². The average molecular weight is 335 g/mol. The van der Waals surface area contributed by atoms with Gasteiger partial charge in [0.15, 0.2) is 0 Å². The number of benzene rings is 1. The van der Waals surface area contributed by atoms with Crippen LogP contribution in [0.3, 0.4) is 0 Å². The zero-order valence-electron chi connectivity index (χ0n) is 11.4. The predicted octanol–water partition coefficient (Wildman–Crippen LogP) is 3.13. The molecule has 0 radical (unpaired) electrons. The monoisotopic (exact) mass is 334 g/mol. The van der Waals surface area contributed by atoms with Crippen molar-refractivity contribution in [3.63, 3.8) is 0 Å². The molecule has 2 fully saturated rings. The SMILES string of the molecule is O=C1[C@@H]2[C@@H](C(=O)N1/N=C\c1ccc(Cl)cc1Cl)[C@H]1C=C[C@H]2C1. The summed E-state index contributed by atoms with van der Waals surface area (Å²) in [5.41, 5.74) is 0.616. The number of allylic oxidation sites excluding steroid dienone is 2. The van der Waals surface area contributed by atoms with E-state index in [0.717, 1.165) is 11.4 Å². The number of carbonyl (C=O) groups is 2. The molecule has 1 saturated carbocycles. The van der Waals surface area contributed by atoms with Gasteiger partial charge >= 0.3 is 0 Å². The number of rotatable bonds is 2. The summed E-state index contributed by atoms with van der Waals surface area (Å²) in [4.78, 5) is 24.9. The van der Waals surface area contributed by atoms with Gasteiger partial charge in [-0.1, -0.05) is 41.4 Å². The molecule has 1 aromatic carbocycles. The lowest BCUT2D eigenvalue weighted by Crippen LogP contribution is -2.28. The summed E-state index contributed by atoms with van der Waals surface area (Å²) >= 11 is 11.9. The molecule has 2 aliphatic carbocycles. The highest BCUT2D eigenvalue weighted by Crippen LogP contribution is 2.52. The van der Waals surface area contributed by atoms with Crippen molar-refractivity contribution in [2.24, 2.45) is 28.8 Å². The van der Waals surface area contributed by atoms with E-state index < -0.39 is 0 Å². The van der Waals surface area contributed by atoms with Gasteiger partial charge in [-0.15, -0.1) is 0 Å². The van der Waals surface area contributed by atoms with Crippen LogP contribution in [0, 0.1) is 23.7 Å². The molecule has 4 nitrogen and oxygen atoms in total. The molecular weight excluding hydrogens is 323 g/mol. The van der Waals surface area contributed by atoms with E-state index >= 15 is 0 Å². The first-order valence-electron chi connectivity index (χ1n) is 7.11. The van der Waals surface area contributed by atoms with Crippen LogP contribution in [0.2, 0.25) is 10.0 Å². The van der Waals surface area contributed by atoms with Crippen molar-refractivity contribution < 1.29 is 9.59 Å². The van der Waals surface area contributed by atoms with Gasteiger partial charge < -0.3 is 0 Å². The van der Waals surface area contributed by atoms with Crippen molar-refractivity contribution in [3.8, 4) is 0 Å². The van der Waals surface area contributed by atoms with Crippen molar-refractivity contribution in [1.82, 2.24) is 5.01 Å². The molecule has 3 aliphatic rings. The number of hydrogen-bond donors (Lipinski definition) is 0. The molecule has 112 valence electrons. The van der Waals surface area contributed by atoms with E-state index in [1.54, 1.807) is 18.2 Å². The van der Waals surface area contributed by atoms with Crippen LogP contribution in [0.4, 0.5) is 0 Å². The van der Waals surface area contributed by atoms with Crippen LogP contribution in [-0.4, -0.2) is 23.0 Å². The minimum atomic E-state index is -0.236. The smallest absolute Gasteiger partial charge is 0.254 e. The minimum absolute atomic E-state index is 0.186. The van der Waals surface area contributed by atoms with Crippen LogP contribution < -0.4 is 0 Å². The van der Waals surface area contributed by atoms with Gasteiger partial charge in [0.1, 0.15) is 0 Å². The lowest BCUT2D eigenvalue weighted by molar-refractivity contribution is -0.140. The van der Waals surface area contributed by atoms with E-state index in [4.69, 9.17) is 23.2 Å². The van der Waals surface area contributed by atoms with Crippen molar-refractivity contribution in [1.29, 1.82) is 0 Å². The van der Waals surface area contributed by atoms with Crippen molar-refractivity contribution in [2.45, 2.75) is 6.42 Å². The largest absolute Gasteiger partial charge is 0.272 e. The number of fused-ring (bicyclic) bond motifs is 5. The minimum Gasteiger partial charge on any atom is -0.272 e. The molecule has 0 spiro atoms. The molecule has 0 N–H and O–H groups in total. The van der Waals surface area contributed by atoms with Crippen LogP contribution in [0.15, 0.2) is 35.5 Å². The van der Waals surface area contributed by atoms with Gasteiger partial charge in [-0.2, -0.15) is 10.1 Å². The Morgan fingerprint density at radius 1 is 1.09 bits per heavy atom. The summed E-state index contributed by atoms with van der Waals surface area (Å²) in [5, 5.41) is 6.03. The third kappa shape index (κ3) is 1.94. The second-order valence-corrected chi connectivity index (χ2v) is 6.74. The van der Waals surface area contributed by atoms with E-state index in [1.807, 2.05) is 0 Å². The van der Waals surface area contributed by atoms with Crippen LogP contribution >= 0.6 is 23.2 Å². The van der Waals surface area contributed by atoms with Gasteiger partial charge in [0.05, 0.1) is 23.1 Å². The Kier molecular flexibility index (Phi) is 3.13. The third-order valence-electron chi connectivity index (χ3n) is 4.72. The second kappa shape index (κ2) is 4.93. The molecular formula is C16H12Cl2N2O2. The summed E-state index contributed by atoms with van der Waals surface area (Å²) in [6, 6.07) is 4.98. The molecule has 4 rings (SSSR count). The van der Waals surface area contributed by atoms with Crippen molar-refractivity contribution in [2.75, 3.05) is 0 Å². The van der Waals surface area contributed by atoms with E-state index in [9.17, 15) is 9.59 Å². The Labute approximate surface area is 137 Å². The zero-order valence-corrected chi connectivity index (χ0v) is 13.0. The highest BCUT2D eigenvalue weighted by Gasteiger charge is 2.59. The first-order chi connectivity index (χ1) is 10.6. The molecule has 22 heavy (non-hydrogen) atoms. The van der Waals surface area contributed by atoms with Crippen molar-refractivity contribution >= 4 is 41.2 Å². The van der Waals surface area contributed by atoms with Gasteiger partial charge in [-0.05, 0) is 30.4 Å². The summed E-state index contributed by atoms with van der Waals surface area (Å²) in [5.74, 6) is -0.501. The maximum absolute atomic E-state index is 12.5. The van der Waals surface area contributed by atoms with Crippen LogP contribution in [0.25, 0.3) is 0 Å². The molecule has 6 heteroatoms. The fraction of sp³-hybridized carbons (Fsp3) is 0.312. The third-order valence-corrected chi connectivity index (χ3v) is 5.28. The summed E-state index contributed by atoms with van der Waals surface area (Å²) in [6.45, 7) is 0.